The molecule has 5 rings (SSSR count). The van der Waals surface area contributed by atoms with Gasteiger partial charge >= 0.3 is 11.8 Å². The van der Waals surface area contributed by atoms with Gasteiger partial charge in [-0.15, -0.1) is 0 Å². The Kier molecular flexibility index (Phi) is 6.44. The lowest BCUT2D eigenvalue weighted by Crippen LogP contribution is -2.56. The first-order valence-corrected chi connectivity index (χ1v) is 13.5. The lowest BCUT2D eigenvalue weighted by Gasteiger charge is -2.39. The van der Waals surface area contributed by atoms with Crippen LogP contribution in [0.2, 0.25) is 0 Å². The molecule has 2 fully saturated rings. The fraction of sp³-hybridized carbons (Fsp3) is 0.458. The Hall–Kier alpha value is -3.45. The number of likely N-dealkylation sites (tertiary alicyclic amines) is 1. The van der Waals surface area contributed by atoms with Crippen molar-refractivity contribution in [3.05, 3.63) is 41.5 Å². The van der Waals surface area contributed by atoms with Crippen molar-refractivity contribution in [2.45, 2.75) is 43.2 Å². The molecule has 2 atom stereocenters. The number of piperidine rings is 1. The zero-order valence-electron chi connectivity index (χ0n) is 20.4. The molecule has 3 amide bonds. The van der Waals surface area contributed by atoms with Crippen LogP contribution in [0.25, 0.3) is 0 Å². The molecular formula is C24H28FN5O6S. The molecule has 1 aliphatic carbocycles. The van der Waals surface area contributed by atoms with E-state index >= 15 is 0 Å². The van der Waals surface area contributed by atoms with Crippen LogP contribution >= 0.6 is 0 Å². The monoisotopic (exact) mass is 533 g/mol. The number of rotatable bonds is 3. The van der Waals surface area contributed by atoms with Gasteiger partial charge in [-0.05, 0) is 49.9 Å². The maximum Gasteiger partial charge on any atom is 0.311 e. The van der Waals surface area contributed by atoms with E-state index in [0.717, 1.165) is 12.8 Å². The third-order valence-corrected chi connectivity index (χ3v) is 8.38. The smallest absolute Gasteiger partial charge is 0.311 e. The fourth-order valence-electron chi connectivity index (χ4n) is 4.70. The summed E-state index contributed by atoms with van der Waals surface area (Å²) < 4.78 is 50.2. The van der Waals surface area contributed by atoms with Gasteiger partial charge in [0.25, 0.3) is 5.91 Å². The van der Waals surface area contributed by atoms with Crippen LogP contribution in [0.15, 0.2) is 29.3 Å². The summed E-state index contributed by atoms with van der Waals surface area (Å²) in [5, 5.41) is 5.34. The van der Waals surface area contributed by atoms with Gasteiger partial charge in [-0.1, -0.05) is 0 Å². The van der Waals surface area contributed by atoms with Crippen molar-refractivity contribution in [1.82, 2.24) is 19.5 Å². The number of fused-ring (bicyclic) bond motifs is 2. The summed E-state index contributed by atoms with van der Waals surface area (Å²) in [5.74, 6) is -2.90. The largest absolute Gasteiger partial charge is 0.489 e. The van der Waals surface area contributed by atoms with Crippen molar-refractivity contribution in [3.63, 3.8) is 0 Å². The topological polar surface area (TPSA) is 139 Å². The van der Waals surface area contributed by atoms with Crippen molar-refractivity contribution >= 4 is 33.4 Å². The number of nitrogens with one attached hydrogen (secondary N) is 3. The number of hydrogen-bond donors (Lipinski definition) is 3. The maximum absolute atomic E-state index is 13.6. The van der Waals surface area contributed by atoms with Crippen LogP contribution in [-0.2, 0) is 26.7 Å². The highest BCUT2D eigenvalue weighted by Gasteiger charge is 2.41. The molecular weight excluding hydrogens is 505 g/mol. The molecule has 13 heteroatoms. The first kappa shape index (κ1) is 25.2. The molecule has 1 saturated heterocycles. The van der Waals surface area contributed by atoms with Gasteiger partial charge in [-0.3, -0.25) is 14.4 Å². The molecule has 3 heterocycles. The van der Waals surface area contributed by atoms with Gasteiger partial charge in [0.2, 0.25) is 10.0 Å². The second-order valence-corrected chi connectivity index (χ2v) is 11.5. The van der Waals surface area contributed by atoms with E-state index in [0.29, 0.717) is 17.7 Å². The number of carbonyl (C=O) groups is 3. The van der Waals surface area contributed by atoms with Gasteiger partial charge in [0.15, 0.2) is 11.4 Å². The number of hydrogen-bond acceptors (Lipinski definition) is 6. The molecule has 0 unspecified atom stereocenters. The van der Waals surface area contributed by atoms with E-state index in [1.807, 2.05) is 0 Å². The highest BCUT2D eigenvalue weighted by molar-refractivity contribution is 7.89. The predicted octanol–water partition coefficient (Wildman–Crippen LogP) is 0.891. The van der Waals surface area contributed by atoms with Crippen molar-refractivity contribution in [3.8, 4) is 5.75 Å². The van der Waals surface area contributed by atoms with E-state index < -0.39 is 45.5 Å². The summed E-state index contributed by atoms with van der Waals surface area (Å²) in [5.41, 5.74) is 0.668. The Labute approximate surface area is 213 Å². The SMILES string of the molecule is Cc1cc(NC(=O)c2c3c(cn2C)S(=O)(=O)N[C@H]2CCN(C(=O)C(=O)NC4CC4)C[C@@H]2CO3)ccc1F. The Balaban J connectivity index is 1.38. The number of carbonyl (C=O) groups excluding carboxylic acids is 3. The van der Waals surface area contributed by atoms with E-state index in [1.165, 1.54) is 40.9 Å². The van der Waals surface area contributed by atoms with E-state index in [9.17, 15) is 27.2 Å². The van der Waals surface area contributed by atoms with Crippen molar-refractivity contribution in [2.75, 3.05) is 25.0 Å². The van der Waals surface area contributed by atoms with Crippen LogP contribution in [0.3, 0.4) is 0 Å². The number of amides is 3. The zero-order chi connectivity index (χ0) is 26.5. The minimum absolute atomic E-state index is 0.0200. The van der Waals surface area contributed by atoms with E-state index in [-0.39, 0.29) is 42.1 Å². The molecule has 11 nitrogen and oxygen atoms in total. The highest BCUT2D eigenvalue weighted by Crippen LogP contribution is 2.35. The maximum atomic E-state index is 13.6. The van der Waals surface area contributed by atoms with Crippen LogP contribution in [0, 0.1) is 18.7 Å². The lowest BCUT2D eigenvalue weighted by atomic mass is 9.93. The molecule has 3 aliphatic rings. The average molecular weight is 534 g/mol. The summed E-state index contributed by atoms with van der Waals surface area (Å²) >= 11 is 0. The van der Waals surface area contributed by atoms with Crippen molar-refractivity contribution in [1.29, 1.82) is 0 Å². The summed E-state index contributed by atoms with van der Waals surface area (Å²) in [6.07, 6.45) is 3.34. The number of aryl methyl sites for hydroxylation is 2. The van der Waals surface area contributed by atoms with Crippen molar-refractivity contribution < 1.29 is 31.9 Å². The second kappa shape index (κ2) is 9.45. The molecule has 37 heavy (non-hydrogen) atoms. The number of halogens is 1. The molecule has 2 aliphatic heterocycles. The summed E-state index contributed by atoms with van der Waals surface area (Å²) in [6, 6.07) is 3.64. The van der Waals surface area contributed by atoms with E-state index in [4.69, 9.17) is 4.74 Å². The predicted molar refractivity (Wildman–Crippen MR) is 130 cm³/mol. The number of nitrogens with zero attached hydrogens (tertiary/aromatic N) is 2. The normalized spacial score (nSPS) is 22.5. The standard InChI is InChI=1S/C24H28FN5O6S/c1-13-9-16(5-6-17(13)25)27-22(31)20-21-19(11-29(20)2)37(34,35)28-18-7-8-30(10-14(18)12-36-21)24(33)23(32)26-15-3-4-15/h5-6,9,11,14-15,18,28H,3-4,7-8,10,12H2,1-2H3,(H,26,32)(H,27,31)/t14-,18+/m1/s1. The number of benzene rings is 1. The Bertz CT molecular complexity index is 1390. The minimum Gasteiger partial charge on any atom is -0.489 e. The zero-order valence-corrected chi connectivity index (χ0v) is 21.2. The van der Waals surface area contributed by atoms with Crippen LogP contribution in [0.4, 0.5) is 10.1 Å². The Morgan fingerprint density at radius 3 is 2.65 bits per heavy atom. The summed E-state index contributed by atoms with van der Waals surface area (Å²) in [7, 11) is -2.53. The van der Waals surface area contributed by atoms with Gasteiger partial charge in [0.05, 0.1) is 6.61 Å². The van der Waals surface area contributed by atoms with Crippen LogP contribution in [-0.4, -0.2) is 67.4 Å². The minimum atomic E-state index is -4.06. The molecule has 198 valence electrons. The van der Waals surface area contributed by atoms with Crippen LogP contribution < -0.4 is 20.1 Å². The average Bonchev–Trinajstić information content (AvgIpc) is 3.59. The van der Waals surface area contributed by atoms with Gasteiger partial charge < -0.3 is 24.8 Å². The van der Waals surface area contributed by atoms with Gasteiger partial charge in [0.1, 0.15) is 10.7 Å². The lowest BCUT2D eigenvalue weighted by molar-refractivity contribution is -0.147. The number of aromatic nitrogens is 1. The molecule has 2 aromatic rings. The summed E-state index contributed by atoms with van der Waals surface area (Å²) in [4.78, 5) is 39.3. The molecule has 0 radical (unpaired) electrons. The van der Waals surface area contributed by atoms with Crippen molar-refractivity contribution in [2.24, 2.45) is 13.0 Å². The highest BCUT2D eigenvalue weighted by atomic mass is 32.2. The number of ether oxygens (including phenoxy) is 1. The fourth-order valence-corrected chi connectivity index (χ4v) is 6.23. The molecule has 3 N–H and O–H groups in total. The molecule has 0 spiro atoms. The first-order chi connectivity index (χ1) is 17.5. The third-order valence-electron chi connectivity index (χ3n) is 6.90. The van der Waals surface area contributed by atoms with E-state index in [2.05, 4.69) is 15.4 Å². The first-order valence-electron chi connectivity index (χ1n) is 12.0. The molecule has 1 saturated carbocycles. The molecule has 0 bridgehead atoms. The molecule has 1 aromatic carbocycles. The van der Waals surface area contributed by atoms with E-state index in [1.54, 1.807) is 6.92 Å². The Morgan fingerprint density at radius 1 is 1.19 bits per heavy atom. The van der Waals surface area contributed by atoms with Gasteiger partial charge in [0, 0.05) is 50.0 Å². The van der Waals surface area contributed by atoms with Crippen LogP contribution in [0.5, 0.6) is 5.75 Å². The number of sulfonamides is 1. The van der Waals surface area contributed by atoms with Crippen LogP contribution in [0.1, 0.15) is 35.3 Å². The quantitative estimate of drug-likeness (QED) is 0.501. The second-order valence-electron chi connectivity index (χ2n) is 9.79. The van der Waals surface area contributed by atoms with Gasteiger partial charge in [-0.25, -0.2) is 17.5 Å². The summed E-state index contributed by atoms with van der Waals surface area (Å²) in [6.45, 7) is 1.94. The third kappa shape index (κ3) is 5.05. The Morgan fingerprint density at radius 2 is 1.95 bits per heavy atom. The number of anilines is 1. The molecule has 1 aromatic heterocycles. The van der Waals surface area contributed by atoms with Gasteiger partial charge in [-0.2, -0.15) is 0 Å².